The zero-order chi connectivity index (χ0) is 20.2. The highest BCUT2D eigenvalue weighted by atomic mass is 32.2. The predicted molar refractivity (Wildman–Crippen MR) is 112 cm³/mol. The largest absolute Gasteiger partial charge is 0.496 e. The van der Waals surface area contributed by atoms with Crippen LogP contribution in [0.25, 0.3) is 11.4 Å². The molecule has 0 aliphatic heterocycles. The summed E-state index contributed by atoms with van der Waals surface area (Å²) in [4.78, 5) is 16.8. The number of pyridine rings is 1. The molecular formula is C21H23N5O2S. The van der Waals surface area contributed by atoms with Gasteiger partial charge < -0.3 is 10.1 Å². The number of nitrogens with zero attached hydrogens (tertiary/aromatic N) is 4. The average molecular weight is 410 g/mol. The Balaban J connectivity index is 1.45. The molecule has 2 aromatic heterocycles. The Morgan fingerprint density at radius 1 is 1.28 bits per heavy atom. The number of carbonyl (C=O) groups is 1. The molecule has 1 fully saturated rings. The maximum atomic E-state index is 12.7. The summed E-state index contributed by atoms with van der Waals surface area (Å²) in [6.07, 6.45) is 5.74. The molecule has 8 heteroatoms. The number of benzene rings is 1. The topological polar surface area (TPSA) is 81.9 Å². The van der Waals surface area contributed by atoms with Gasteiger partial charge in [0, 0.05) is 36.1 Å². The highest BCUT2D eigenvalue weighted by Crippen LogP contribution is 2.41. The molecular weight excluding hydrogens is 386 g/mol. The molecule has 7 nitrogen and oxygen atoms in total. The lowest BCUT2D eigenvalue weighted by molar-refractivity contribution is -0.120. The van der Waals surface area contributed by atoms with Crippen LogP contribution in [0.1, 0.15) is 31.4 Å². The van der Waals surface area contributed by atoms with Crippen molar-refractivity contribution < 1.29 is 9.53 Å². The van der Waals surface area contributed by atoms with E-state index in [0.29, 0.717) is 12.6 Å². The quantitative estimate of drug-likeness (QED) is 0.574. The first-order valence-corrected chi connectivity index (χ1v) is 10.5. The first-order valence-electron chi connectivity index (χ1n) is 9.59. The maximum Gasteiger partial charge on any atom is 0.233 e. The van der Waals surface area contributed by atoms with Crippen molar-refractivity contribution in [2.45, 2.75) is 42.8 Å². The molecule has 29 heavy (non-hydrogen) atoms. The molecule has 150 valence electrons. The number of aromatic nitrogens is 4. The second-order valence-electron chi connectivity index (χ2n) is 6.94. The van der Waals surface area contributed by atoms with Crippen LogP contribution >= 0.6 is 11.8 Å². The Morgan fingerprint density at radius 3 is 2.83 bits per heavy atom. The van der Waals surface area contributed by atoms with Gasteiger partial charge in [-0.15, -0.1) is 10.2 Å². The van der Waals surface area contributed by atoms with Gasteiger partial charge >= 0.3 is 0 Å². The molecule has 1 amide bonds. The highest BCUT2D eigenvalue weighted by molar-refractivity contribution is 8.00. The SMILES string of the molecule is COc1ccccc1CNC(=O)[C@H](C)Sc1nnc(-c2cccnc2)n1C1CC1. The molecule has 1 N–H and O–H groups in total. The van der Waals surface area contributed by atoms with Crippen LogP contribution in [0, 0.1) is 0 Å². The van der Waals surface area contributed by atoms with Gasteiger partial charge in [0.25, 0.3) is 0 Å². The molecule has 0 bridgehead atoms. The van der Waals surface area contributed by atoms with Crippen LogP contribution in [0.3, 0.4) is 0 Å². The molecule has 4 rings (SSSR count). The molecule has 0 saturated heterocycles. The number of carbonyl (C=O) groups excluding carboxylic acids is 1. The van der Waals surface area contributed by atoms with Gasteiger partial charge in [0.2, 0.25) is 5.91 Å². The summed E-state index contributed by atoms with van der Waals surface area (Å²) < 4.78 is 7.49. The van der Waals surface area contributed by atoms with Gasteiger partial charge in [-0.25, -0.2) is 0 Å². The van der Waals surface area contributed by atoms with E-state index in [1.165, 1.54) is 11.8 Å². The van der Waals surface area contributed by atoms with Gasteiger partial charge in [0.1, 0.15) is 5.75 Å². The van der Waals surface area contributed by atoms with Crippen LogP contribution < -0.4 is 10.1 Å². The number of nitrogens with one attached hydrogen (secondary N) is 1. The minimum absolute atomic E-state index is 0.0471. The molecule has 0 radical (unpaired) electrons. The molecule has 1 aliphatic rings. The summed E-state index contributed by atoms with van der Waals surface area (Å²) in [6, 6.07) is 11.9. The fraction of sp³-hybridized carbons (Fsp3) is 0.333. The lowest BCUT2D eigenvalue weighted by Crippen LogP contribution is -2.30. The number of hydrogen-bond acceptors (Lipinski definition) is 6. The van der Waals surface area contributed by atoms with Gasteiger partial charge in [-0.05, 0) is 38.0 Å². The standard InChI is InChI=1S/C21H23N5O2S/c1-14(20(27)23-13-15-6-3-4-8-18(15)28-2)29-21-25-24-19(26(21)17-9-10-17)16-7-5-11-22-12-16/h3-8,11-12,14,17H,9-10,13H2,1-2H3,(H,23,27)/t14-/m0/s1. The molecule has 0 unspecified atom stereocenters. The van der Waals surface area contributed by atoms with Gasteiger partial charge in [-0.1, -0.05) is 30.0 Å². The Hall–Kier alpha value is -2.87. The Labute approximate surface area is 173 Å². The number of thioether (sulfide) groups is 1. The zero-order valence-electron chi connectivity index (χ0n) is 16.4. The van der Waals surface area contributed by atoms with E-state index in [1.807, 2.05) is 43.3 Å². The Bertz CT molecular complexity index is 988. The van der Waals surface area contributed by atoms with Crippen LogP contribution in [0.15, 0.2) is 53.9 Å². The van der Waals surface area contributed by atoms with E-state index in [2.05, 4.69) is 25.1 Å². The van der Waals surface area contributed by atoms with E-state index in [-0.39, 0.29) is 11.2 Å². The third kappa shape index (κ3) is 4.42. The summed E-state index contributed by atoms with van der Waals surface area (Å²) in [6.45, 7) is 2.31. The third-order valence-electron chi connectivity index (χ3n) is 4.79. The fourth-order valence-corrected chi connectivity index (χ4v) is 4.04. The summed E-state index contributed by atoms with van der Waals surface area (Å²) in [5.74, 6) is 1.53. The van der Waals surface area contributed by atoms with Crippen molar-refractivity contribution in [1.82, 2.24) is 25.1 Å². The van der Waals surface area contributed by atoms with Crippen molar-refractivity contribution in [2.24, 2.45) is 0 Å². The van der Waals surface area contributed by atoms with Crippen molar-refractivity contribution in [3.8, 4) is 17.1 Å². The monoisotopic (exact) mass is 409 g/mol. The number of rotatable bonds is 8. The summed E-state index contributed by atoms with van der Waals surface area (Å²) in [5, 5.41) is 12.2. The van der Waals surface area contributed by atoms with Gasteiger partial charge in [0.05, 0.1) is 12.4 Å². The second-order valence-corrected chi connectivity index (χ2v) is 8.25. The number of hydrogen-bond donors (Lipinski definition) is 1. The number of amides is 1. The fourth-order valence-electron chi connectivity index (χ4n) is 3.10. The van der Waals surface area contributed by atoms with Crippen molar-refractivity contribution in [2.75, 3.05) is 7.11 Å². The molecule has 2 heterocycles. The van der Waals surface area contributed by atoms with Crippen LogP contribution in [0.2, 0.25) is 0 Å². The molecule has 0 spiro atoms. The zero-order valence-corrected chi connectivity index (χ0v) is 17.2. The lowest BCUT2D eigenvalue weighted by atomic mass is 10.2. The molecule has 1 atom stereocenters. The molecule has 1 aromatic carbocycles. The van der Waals surface area contributed by atoms with Crippen LogP contribution in [0.4, 0.5) is 0 Å². The predicted octanol–water partition coefficient (Wildman–Crippen LogP) is 3.48. The van der Waals surface area contributed by atoms with E-state index in [4.69, 9.17) is 4.74 Å². The molecule has 3 aromatic rings. The maximum absolute atomic E-state index is 12.7. The summed E-state index contributed by atoms with van der Waals surface area (Å²) in [5.41, 5.74) is 1.88. The number of methoxy groups -OCH3 is 1. The Kier molecular flexibility index (Phi) is 5.80. The Morgan fingerprint density at radius 2 is 2.10 bits per heavy atom. The van der Waals surface area contributed by atoms with Gasteiger partial charge in [-0.2, -0.15) is 0 Å². The second kappa shape index (κ2) is 8.65. The highest BCUT2D eigenvalue weighted by Gasteiger charge is 2.31. The van der Waals surface area contributed by atoms with Crippen LogP contribution in [0.5, 0.6) is 5.75 Å². The van der Waals surface area contributed by atoms with Gasteiger partial charge in [-0.3, -0.25) is 14.3 Å². The van der Waals surface area contributed by atoms with E-state index < -0.39 is 0 Å². The van der Waals surface area contributed by atoms with Crippen LogP contribution in [-0.4, -0.2) is 38.0 Å². The van der Waals surface area contributed by atoms with Crippen LogP contribution in [-0.2, 0) is 11.3 Å². The minimum atomic E-state index is -0.298. The average Bonchev–Trinajstić information content (AvgIpc) is 3.52. The summed E-state index contributed by atoms with van der Waals surface area (Å²) >= 11 is 1.43. The number of ether oxygens (including phenoxy) is 1. The van der Waals surface area contributed by atoms with Crippen molar-refractivity contribution in [3.63, 3.8) is 0 Å². The molecule has 1 saturated carbocycles. The first-order chi connectivity index (χ1) is 14.2. The van der Waals surface area contributed by atoms with E-state index in [9.17, 15) is 4.79 Å². The lowest BCUT2D eigenvalue weighted by Gasteiger charge is -2.14. The summed E-state index contributed by atoms with van der Waals surface area (Å²) in [7, 11) is 1.63. The smallest absolute Gasteiger partial charge is 0.233 e. The van der Waals surface area contributed by atoms with Gasteiger partial charge in [0.15, 0.2) is 11.0 Å². The van der Waals surface area contributed by atoms with Crippen molar-refractivity contribution in [1.29, 1.82) is 0 Å². The number of para-hydroxylation sites is 1. The van der Waals surface area contributed by atoms with Crippen molar-refractivity contribution >= 4 is 17.7 Å². The third-order valence-corrected chi connectivity index (χ3v) is 5.85. The first kappa shape index (κ1) is 19.4. The van der Waals surface area contributed by atoms with Crippen molar-refractivity contribution in [3.05, 3.63) is 54.4 Å². The normalized spacial score (nSPS) is 14.4. The van der Waals surface area contributed by atoms with E-state index in [0.717, 1.165) is 40.7 Å². The van der Waals surface area contributed by atoms with E-state index >= 15 is 0 Å². The molecule has 1 aliphatic carbocycles. The minimum Gasteiger partial charge on any atom is -0.496 e. The van der Waals surface area contributed by atoms with E-state index in [1.54, 1.807) is 19.5 Å².